The van der Waals surface area contributed by atoms with Gasteiger partial charge < -0.3 is 10.0 Å². The van der Waals surface area contributed by atoms with Crippen LogP contribution in [0.15, 0.2) is 103 Å². The summed E-state index contributed by atoms with van der Waals surface area (Å²) in [5.74, 6) is -2.38. The number of halogens is 1. The summed E-state index contributed by atoms with van der Waals surface area (Å²) in [6.45, 7) is 8.76. The van der Waals surface area contributed by atoms with Gasteiger partial charge in [-0.1, -0.05) is 119 Å². The molecule has 6 rings (SSSR count). The van der Waals surface area contributed by atoms with Crippen LogP contribution >= 0.6 is 0 Å². The third kappa shape index (κ3) is 8.34. The molecule has 1 fully saturated rings. The monoisotopic (exact) mass is 697 g/mol. The van der Waals surface area contributed by atoms with E-state index < -0.39 is 17.8 Å². The van der Waals surface area contributed by atoms with Crippen LogP contribution in [0.3, 0.4) is 0 Å². The molecule has 1 aliphatic heterocycles. The number of hydrogen-bond acceptors (Lipinski definition) is 5. The summed E-state index contributed by atoms with van der Waals surface area (Å²) in [5.41, 5.74) is 7.22. The lowest BCUT2D eigenvalue weighted by molar-refractivity contribution is -0.154. The number of benzene rings is 4. The molecule has 7 nitrogen and oxygen atoms in total. The fourth-order valence-electron chi connectivity index (χ4n) is 6.59. The van der Waals surface area contributed by atoms with Crippen molar-refractivity contribution in [2.45, 2.75) is 58.8 Å². The Balaban J connectivity index is 1.14. The molecule has 8 heteroatoms. The molecule has 1 aromatic heterocycles. The van der Waals surface area contributed by atoms with Crippen molar-refractivity contribution >= 4 is 17.7 Å². The van der Waals surface area contributed by atoms with Crippen LogP contribution in [-0.2, 0) is 27.8 Å². The normalized spacial score (nSPS) is 13.8. The Bertz CT molecular complexity index is 2050. The number of amides is 1. The fourth-order valence-corrected chi connectivity index (χ4v) is 6.59. The molecule has 5 aromatic rings. The predicted molar refractivity (Wildman–Crippen MR) is 201 cm³/mol. The largest absolute Gasteiger partial charge is 0.481 e. The molecular formula is C44H44FN3O4. The Morgan fingerprint density at radius 1 is 0.808 bits per heavy atom. The van der Waals surface area contributed by atoms with Gasteiger partial charge in [-0.2, -0.15) is 0 Å². The molecule has 1 amide bonds. The smallest absolute Gasteiger partial charge is 0.310 e. The van der Waals surface area contributed by atoms with Gasteiger partial charge >= 0.3 is 5.97 Å². The first-order chi connectivity index (χ1) is 24.9. The molecule has 0 saturated carbocycles. The molecule has 0 aliphatic carbocycles. The summed E-state index contributed by atoms with van der Waals surface area (Å²) in [5, 5.41) is 9.34. The van der Waals surface area contributed by atoms with Gasteiger partial charge in [0.25, 0.3) is 0 Å². The van der Waals surface area contributed by atoms with Gasteiger partial charge in [0.05, 0.1) is 5.92 Å². The fraction of sp³-hybridized carbons (Fsp3) is 0.295. The van der Waals surface area contributed by atoms with E-state index in [0.717, 1.165) is 40.7 Å². The number of ketones is 1. The minimum atomic E-state index is -0.923. The molecule has 2 heterocycles. The second kappa shape index (κ2) is 15.4. The average molecular weight is 698 g/mol. The van der Waals surface area contributed by atoms with E-state index in [1.54, 1.807) is 18.5 Å². The summed E-state index contributed by atoms with van der Waals surface area (Å²) in [6, 6.07) is 28.4. The Morgan fingerprint density at radius 3 is 1.98 bits per heavy atom. The lowest BCUT2D eigenvalue weighted by atomic mass is 9.85. The van der Waals surface area contributed by atoms with Crippen LogP contribution in [0.25, 0.3) is 33.6 Å². The van der Waals surface area contributed by atoms with Crippen LogP contribution in [-0.4, -0.2) is 50.7 Å². The molecule has 0 radical (unpaired) electrons. The van der Waals surface area contributed by atoms with Crippen LogP contribution in [0.1, 0.15) is 67.6 Å². The number of aryl methyl sites for hydroxylation is 1. The number of nitrogens with zero attached hydrogens (tertiary/aromatic N) is 3. The third-order valence-electron chi connectivity index (χ3n) is 9.85. The highest BCUT2D eigenvalue weighted by Crippen LogP contribution is 2.30. The third-order valence-corrected chi connectivity index (χ3v) is 9.85. The van der Waals surface area contributed by atoms with E-state index in [0.29, 0.717) is 28.9 Å². The summed E-state index contributed by atoms with van der Waals surface area (Å²) in [6.07, 6.45) is 5.64. The number of hydrogen-bond donors (Lipinski definition) is 1. The van der Waals surface area contributed by atoms with E-state index in [1.165, 1.54) is 16.5 Å². The van der Waals surface area contributed by atoms with Gasteiger partial charge in [0.2, 0.25) is 5.91 Å². The molecule has 1 aliphatic rings. The first kappa shape index (κ1) is 36.3. The van der Waals surface area contributed by atoms with Crippen LogP contribution in [0, 0.1) is 17.7 Å². The van der Waals surface area contributed by atoms with E-state index in [4.69, 9.17) is 0 Å². The minimum Gasteiger partial charge on any atom is -0.481 e. The number of carboxylic acid groups (broad SMARTS) is 1. The minimum absolute atomic E-state index is 0.0109. The van der Waals surface area contributed by atoms with E-state index in [2.05, 4.69) is 49.8 Å². The van der Waals surface area contributed by atoms with Gasteiger partial charge in [-0.15, -0.1) is 0 Å². The van der Waals surface area contributed by atoms with E-state index in [1.807, 2.05) is 66.7 Å². The van der Waals surface area contributed by atoms with Crippen molar-refractivity contribution in [2.75, 3.05) is 13.1 Å². The first-order valence-corrected chi connectivity index (χ1v) is 17.9. The molecule has 0 spiro atoms. The molecule has 52 heavy (non-hydrogen) atoms. The van der Waals surface area contributed by atoms with Crippen molar-refractivity contribution in [3.63, 3.8) is 0 Å². The maximum absolute atomic E-state index is 15.3. The summed E-state index contributed by atoms with van der Waals surface area (Å²) in [7, 11) is 0. The molecule has 266 valence electrons. The summed E-state index contributed by atoms with van der Waals surface area (Å²) in [4.78, 5) is 48.9. The highest BCUT2D eigenvalue weighted by Gasteiger charge is 2.39. The van der Waals surface area contributed by atoms with Crippen molar-refractivity contribution < 1.29 is 23.9 Å². The lowest BCUT2D eigenvalue weighted by Crippen LogP contribution is -2.55. The molecule has 1 atom stereocenters. The van der Waals surface area contributed by atoms with Crippen LogP contribution in [0.5, 0.6) is 0 Å². The Morgan fingerprint density at radius 2 is 1.40 bits per heavy atom. The van der Waals surface area contributed by atoms with Crippen molar-refractivity contribution in [2.24, 2.45) is 11.8 Å². The Hall–Kier alpha value is -5.50. The lowest BCUT2D eigenvalue weighted by Gasteiger charge is -2.38. The van der Waals surface area contributed by atoms with Gasteiger partial charge in [0.1, 0.15) is 5.82 Å². The van der Waals surface area contributed by atoms with E-state index >= 15 is 4.39 Å². The highest BCUT2D eigenvalue weighted by molar-refractivity contribution is 5.99. The zero-order valence-electron chi connectivity index (χ0n) is 30.1. The zero-order chi connectivity index (χ0) is 37.0. The van der Waals surface area contributed by atoms with Gasteiger partial charge in [-0.3, -0.25) is 14.4 Å². The Kier molecular flexibility index (Phi) is 10.7. The average Bonchev–Trinajstić information content (AvgIpc) is 3.11. The molecule has 0 bridgehead atoms. The SMILES string of the molecule is CCCc1ccc(-c2ccc(-c3cnc(-c4ccc(C[C@H](CC(=O)c5ccc(C(C)(C)C)cc5)C(=O)N5CC(C(=O)O)C5)cc4)nc3)c(F)c2)cc1. The standard InChI is InChI=1S/C44H44FN3O4/c1-5-6-28-7-11-30(12-8-28)33-17-20-38(39(45)22-33)35-24-46-41(47-25-35)32-13-9-29(10-14-32)21-34(42(50)48-26-36(27-48)43(51)52)23-40(49)31-15-18-37(19-16-31)44(2,3)4/h7-20,22,24-25,34,36H,5-6,21,23,26-27H2,1-4H3,(H,51,52)/t34-/m1/s1. The second-order valence-electron chi connectivity index (χ2n) is 14.8. The topological polar surface area (TPSA) is 100 Å². The summed E-state index contributed by atoms with van der Waals surface area (Å²) < 4.78 is 15.3. The number of rotatable bonds is 12. The van der Waals surface area contributed by atoms with Crippen LogP contribution in [0.2, 0.25) is 0 Å². The van der Waals surface area contributed by atoms with E-state index in [-0.39, 0.29) is 42.4 Å². The number of Topliss-reactive ketones (excluding diaryl/α,β-unsaturated/α-hetero) is 1. The quantitative estimate of drug-likeness (QED) is 0.131. The maximum Gasteiger partial charge on any atom is 0.310 e. The highest BCUT2D eigenvalue weighted by atomic mass is 19.1. The number of carbonyl (C=O) groups excluding carboxylic acids is 2. The van der Waals surface area contributed by atoms with Gasteiger partial charge in [-0.05, 0) is 52.1 Å². The molecule has 1 N–H and O–H groups in total. The number of carbonyl (C=O) groups is 3. The predicted octanol–water partition coefficient (Wildman–Crippen LogP) is 8.84. The first-order valence-electron chi connectivity index (χ1n) is 17.9. The molecule has 1 saturated heterocycles. The van der Waals surface area contributed by atoms with Crippen molar-refractivity contribution in [3.8, 4) is 33.6 Å². The zero-order valence-corrected chi connectivity index (χ0v) is 30.1. The van der Waals surface area contributed by atoms with Crippen LogP contribution < -0.4 is 0 Å². The number of aromatic nitrogens is 2. The second-order valence-corrected chi connectivity index (χ2v) is 14.8. The number of aliphatic carboxylic acids is 1. The van der Waals surface area contributed by atoms with Crippen molar-refractivity contribution in [1.82, 2.24) is 14.9 Å². The van der Waals surface area contributed by atoms with Gasteiger partial charge in [0.15, 0.2) is 11.6 Å². The molecular weight excluding hydrogens is 653 g/mol. The number of carboxylic acids is 1. The van der Waals surface area contributed by atoms with Gasteiger partial charge in [0, 0.05) is 60.1 Å². The summed E-state index contributed by atoms with van der Waals surface area (Å²) >= 11 is 0. The van der Waals surface area contributed by atoms with E-state index in [9.17, 15) is 19.5 Å². The van der Waals surface area contributed by atoms with Gasteiger partial charge in [-0.25, -0.2) is 14.4 Å². The Labute approximate surface area is 304 Å². The maximum atomic E-state index is 15.3. The molecule has 0 unspecified atom stereocenters. The number of likely N-dealkylation sites (tertiary alicyclic amines) is 1. The van der Waals surface area contributed by atoms with Crippen LogP contribution in [0.4, 0.5) is 4.39 Å². The van der Waals surface area contributed by atoms with Crippen molar-refractivity contribution in [3.05, 3.63) is 131 Å². The molecule has 4 aromatic carbocycles. The van der Waals surface area contributed by atoms with Crippen molar-refractivity contribution in [1.29, 1.82) is 0 Å².